The molecule has 44 heavy (non-hydrogen) atoms. The van der Waals surface area contributed by atoms with E-state index in [1.807, 2.05) is 30.3 Å². The summed E-state index contributed by atoms with van der Waals surface area (Å²) in [4.78, 5) is 14.0. The molecule has 3 N–H and O–H groups in total. The van der Waals surface area contributed by atoms with Crippen LogP contribution in [0.15, 0.2) is 99.9 Å². The molecule has 0 saturated carbocycles. The maximum absolute atomic E-state index is 13.8. The number of sulfonamides is 1. The maximum atomic E-state index is 13.8. The largest absolute Gasteiger partial charge is 0.506 e. The molecule has 5 rings (SSSR count). The highest BCUT2D eigenvalue weighted by Crippen LogP contribution is 2.46. The average Bonchev–Trinajstić information content (AvgIpc) is 3.51. The van der Waals surface area contributed by atoms with Crippen molar-refractivity contribution in [1.29, 1.82) is 0 Å². The topological polar surface area (TPSA) is 139 Å². The molecule has 0 aliphatic rings. The number of carbonyl (C=O) groups is 1. The third-order valence-corrected chi connectivity index (χ3v) is 9.53. The Kier molecular flexibility index (Phi) is 10.1. The Balaban J connectivity index is 1.61. The molecule has 12 heteroatoms. The van der Waals surface area contributed by atoms with Crippen LogP contribution in [-0.4, -0.2) is 46.2 Å². The van der Waals surface area contributed by atoms with Crippen LogP contribution in [0.3, 0.4) is 0 Å². The van der Waals surface area contributed by atoms with E-state index in [2.05, 4.69) is 32.5 Å². The van der Waals surface area contributed by atoms with Gasteiger partial charge in [0.1, 0.15) is 5.75 Å². The van der Waals surface area contributed by atoms with E-state index < -0.39 is 15.9 Å². The van der Waals surface area contributed by atoms with Gasteiger partial charge in [-0.3, -0.25) is 9.52 Å². The number of fused-ring (bicyclic) bond motifs is 1. The third-order valence-electron chi connectivity index (χ3n) is 7.11. The van der Waals surface area contributed by atoms with Gasteiger partial charge in [-0.05, 0) is 52.9 Å². The lowest BCUT2D eigenvalue weighted by atomic mass is 10.0. The van der Waals surface area contributed by atoms with Gasteiger partial charge in [0.15, 0.2) is 0 Å². The summed E-state index contributed by atoms with van der Waals surface area (Å²) in [5.74, 6) is -0.784. The van der Waals surface area contributed by atoms with Crippen LogP contribution in [0.5, 0.6) is 5.75 Å². The SMILES string of the molecule is CCCCCCCCNC(=O)c1c(Sc2nnnn2-c2ccccc2)c(NS(=O)(=O)c2ccccc2)c2ccccc2c1O. The van der Waals surface area contributed by atoms with Gasteiger partial charge in [0.05, 0.1) is 26.7 Å². The molecular weight excluding hydrogens is 597 g/mol. The lowest BCUT2D eigenvalue weighted by Crippen LogP contribution is -2.26. The second kappa shape index (κ2) is 14.4. The molecule has 0 atom stereocenters. The zero-order valence-electron chi connectivity index (χ0n) is 24.3. The molecule has 1 aromatic heterocycles. The van der Waals surface area contributed by atoms with Crippen LogP contribution in [0, 0.1) is 0 Å². The molecule has 10 nitrogen and oxygen atoms in total. The van der Waals surface area contributed by atoms with Gasteiger partial charge in [0.25, 0.3) is 15.9 Å². The monoisotopic (exact) mass is 630 g/mol. The van der Waals surface area contributed by atoms with Crippen LogP contribution in [0.1, 0.15) is 55.8 Å². The molecule has 0 aliphatic carbocycles. The van der Waals surface area contributed by atoms with Crippen molar-refractivity contribution in [3.05, 3.63) is 90.5 Å². The van der Waals surface area contributed by atoms with Crippen LogP contribution in [0.4, 0.5) is 5.69 Å². The number of unbranched alkanes of at least 4 members (excludes halogenated alkanes) is 5. The van der Waals surface area contributed by atoms with Crippen LogP contribution in [-0.2, 0) is 10.0 Å². The van der Waals surface area contributed by atoms with Crippen molar-refractivity contribution in [2.24, 2.45) is 0 Å². The fraction of sp³-hybridized carbons (Fsp3) is 0.250. The number of nitrogens with zero attached hydrogens (tertiary/aromatic N) is 4. The summed E-state index contributed by atoms with van der Waals surface area (Å²) in [7, 11) is -4.09. The predicted octanol–water partition coefficient (Wildman–Crippen LogP) is 6.56. The first-order valence-corrected chi connectivity index (χ1v) is 16.9. The Hall–Kier alpha value is -4.42. The Bertz CT molecular complexity index is 1830. The van der Waals surface area contributed by atoms with Gasteiger partial charge in [0.2, 0.25) is 5.16 Å². The summed E-state index contributed by atoms with van der Waals surface area (Å²) in [6.07, 6.45) is 6.33. The van der Waals surface area contributed by atoms with Gasteiger partial charge in [-0.1, -0.05) is 99.7 Å². The number of aromatic hydroxyl groups is 1. The average molecular weight is 631 g/mol. The van der Waals surface area contributed by atoms with Crippen molar-refractivity contribution in [2.75, 3.05) is 11.3 Å². The van der Waals surface area contributed by atoms with E-state index in [4.69, 9.17) is 0 Å². The van der Waals surface area contributed by atoms with E-state index in [1.54, 1.807) is 42.5 Å². The highest BCUT2D eigenvalue weighted by atomic mass is 32.2. The number of rotatable bonds is 14. The molecule has 0 radical (unpaired) electrons. The lowest BCUT2D eigenvalue weighted by Gasteiger charge is -2.20. The second-order valence-electron chi connectivity index (χ2n) is 10.2. The van der Waals surface area contributed by atoms with Crippen LogP contribution in [0.2, 0.25) is 0 Å². The zero-order valence-corrected chi connectivity index (χ0v) is 25.9. The van der Waals surface area contributed by atoms with E-state index in [9.17, 15) is 18.3 Å². The van der Waals surface area contributed by atoms with Crippen LogP contribution in [0.25, 0.3) is 16.5 Å². The minimum atomic E-state index is -4.09. The van der Waals surface area contributed by atoms with E-state index in [0.717, 1.165) is 43.9 Å². The minimum Gasteiger partial charge on any atom is -0.506 e. The molecule has 0 unspecified atom stereocenters. The molecule has 0 aliphatic heterocycles. The fourth-order valence-corrected chi connectivity index (χ4v) is 7.09. The molecular formula is C32H34N6O4S2. The van der Waals surface area contributed by atoms with Crippen molar-refractivity contribution in [1.82, 2.24) is 25.5 Å². The van der Waals surface area contributed by atoms with Gasteiger partial charge in [-0.25, -0.2) is 8.42 Å². The first kappa shape index (κ1) is 31.0. The summed E-state index contributed by atoms with van der Waals surface area (Å²) in [5, 5.41) is 27.6. The van der Waals surface area contributed by atoms with E-state index >= 15 is 0 Å². The molecule has 1 heterocycles. The quantitative estimate of drug-likeness (QED) is 0.0926. The zero-order chi connectivity index (χ0) is 30.9. The molecule has 4 aromatic carbocycles. The number of para-hydroxylation sites is 1. The molecule has 0 spiro atoms. The molecule has 0 fully saturated rings. The lowest BCUT2D eigenvalue weighted by molar-refractivity contribution is 0.0947. The molecule has 228 valence electrons. The number of amides is 1. The number of carbonyl (C=O) groups excluding carboxylic acids is 1. The number of nitrogens with one attached hydrogen (secondary N) is 2. The van der Waals surface area contributed by atoms with Crippen LogP contribution >= 0.6 is 11.8 Å². The smallest absolute Gasteiger partial charge is 0.261 e. The van der Waals surface area contributed by atoms with E-state index in [0.29, 0.717) is 23.0 Å². The molecule has 5 aromatic rings. The normalized spacial score (nSPS) is 11.5. The number of benzene rings is 4. The number of tetrazole rings is 1. The van der Waals surface area contributed by atoms with Crippen molar-refractivity contribution in [3.8, 4) is 11.4 Å². The van der Waals surface area contributed by atoms with Gasteiger partial charge >= 0.3 is 0 Å². The Morgan fingerprint density at radius 3 is 2.23 bits per heavy atom. The second-order valence-corrected chi connectivity index (χ2v) is 12.9. The molecule has 1 amide bonds. The summed E-state index contributed by atoms with van der Waals surface area (Å²) in [6.45, 7) is 2.58. The molecule has 0 bridgehead atoms. The minimum absolute atomic E-state index is 0.0521. The van der Waals surface area contributed by atoms with Gasteiger partial charge < -0.3 is 10.4 Å². The standard InChI is InChI=1S/C32H34N6O4S2/c1-2-3-4-5-6-15-22-33-31(40)27-29(39)26-21-14-13-20-25(26)28(35-44(41,42)24-18-11-8-12-19-24)30(27)43-32-34-36-37-38(32)23-16-9-7-10-17-23/h7-14,16-21,35,39H,2-6,15,22H2,1H3,(H,33,40). The fourth-order valence-electron chi connectivity index (χ4n) is 4.86. The summed E-state index contributed by atoms with van der Waals surface area (Å²) >= 11 is 0.994. The summed E-state index contributed by atoms with van der Waals surface area (Å²) in [5.41, 5.74) is 0.748. The van der Waals surface area contributed by atoms with Crippen LogP contribution < -0.4 is 10.0 Å². The Labute approximate surface area is 260 Å². The number of phenols is 1. The first-order valence-electron chi connectivity index (χ1n) is 14.6. The van der Waals surface area contributed by atoms with Crippen molar-refractivity contribution >= 4 is 44.2 Å². The Morgan fingerprint density at radius 1 is 0.864 bits per heavy atom. The number of phenolic OH excluding ortho intramolecular Hbond substituents is 1. The summed E-state index contributed by atoms with van der Waals surface area (Å²) in [6, 6.07) is 24.0. The number of hydrogen-bond acceptors (Lipinski definition) is 8. The van der Waals surface area contributed by atoms with Gasteiger partial charge in [0, 0.05) is 17.3 Å². The first-order chi connectivity index (χ1) is 21.4. The van der Waals surface area contributed by atoms with Gasteiger partial charge in [-0.15, -0.1) is 5.10 Å². The Morgan fingerprint density at radius 2 is 1.50 bits per heavy atom. The van der Waals surface area contributed by atoms with E-state index in [-0.39, 0.29) is 31.9 Å². The van der Waals surface area contributed by atoms with Crippen molar-refractivity contribution < 1.29 is 18.3 Å². The highest BCUT2D eigenvalue weighted by Gasteiger charge is 2.29. The van der Waals surface area contributed by atoms with Crippen molar-refractivity contribution in [2.45, 2.75) is 60.4 Å². The van der Waals surface area contributed by atoms with Gasteiger partial charge in [-0.2, -0.15) is 4.68 Å². The maximum Gasteiger partial charge on any atom is 0.261 e. The number of anilines is 1. The highest BCUT2D eigenvalue weighted by molar-refractivity contribution is 7.99. The summed E-state index contributed by atoms with van der Waals surface area (Å²) < 4.78 is 31.5. The third kappa shape index (κ3) is 7.03. The predicted molar refractivity (Wildman–Crippen MR) is 172 cm³/mol. The number of aromatic nitrogens is 4. The van der Waals surface area contributed by atoms with Crippen molar-refractivity contribution in [3.63, 3.8) is 0 Å². The number of hydrogen-bond donors (Lipinski definition) is 3. The molecule has 0 saturated heterocycles. The van der Waals surface area contributed by atoms with E-state index in [1.165, 1.54) is 23.2 Å².